The van der Waals surface area contributed by atoms with Crippen molar-refractivity contribution in [3.63, 3.8) is 0 Å². The first kappa shape index (κ1) is 13.3. The van der Waals surface area contributed by atoms with Gasteiger partial charge < -0.3 is 5.73 Å². The largest absolute Gasteiger partial charge is 0.326 e. The Morgan fingerprint density at radius 3 is 2.24 bits per heavy atom. The van der Waals surface area contributed by atoms with Gasteiger partial charge in [0.1, 0.15) is 0 Å². The van der Waals surface area contributed by atoms with Gasteiger partial charge in [0.05, 0.1) is 10.5 Å². The van der Waals surface area contributed by atoms with Gasteiger partial charge in [-0.25, -0.2) is 8.42 Å². The van der Waals surface area contributed by atoms with Crippen LogP contribution in [-0.4, -0.2) is 25.0 Å². The van der Waals surface area contributed by atoms with E-state index >= 15 is 0 Å². The normalized spacial score (nSPS) is 35.0. The number of nitrogens with two attached hydrogens (primary N) is 1. The van der Waals surface area contributed by atoms with Crippen molar-refractivity contribution < 1.29 is 8.42 Å². The molecule has 2 N–H and O–H groups in total. The van der Waals surface area contributed by atoms with E-state index < -0.39 is 9.84 Å². The molecule has 2 aliphatic carbocycles. The van der Waals surface area contributed by atoms with E-state index in [2.05, 4.69) is 13.8 Å². The van der Waals surface area contributed by atoms with Gasteiger partial charge in [0.25, 0.3) is 0 Å². The molecule has 3 nitrogen and oxygen atoms in total. The van der Waals surface area contributed by atoms with Gasteiger partial charge in [0.2, 0.25) is 0 Å². The second-order valence-electron chi connectivity index (χ2n) is 6.44. The predicted molar refractivity (Wildman–Crippen MR) is 70.6 cm³/mol. The Morgan fingerprint density at radius 1 is 1.06 bits per heavy atom. The van der Waals surface area contributed by atoms with Crippen LogP contribution < -0.4 is 5.73 Å². The van der Waals surface area contributed by atoms with Crippen LogP contribution in [0.25, 0.3) is 0 Å². The fourth-order valence-electron chi connectivity index (χ4n) is 3.44. The number of hydrogen-bond acceptors (Lipinski definition) is 3. The third-order valence-electron chi connectivity index (χ3n) is 4.80. The summed E-state index contributed by atoms with van der Waals surface area (Å²) in [4.78, 5) is 0. The Kier molecular flexibility index (Phi) is 3.56. The molecule has 0 radical (unpaired) electrons. The highest BCUT2D eigenvalue weighted by molar-refractivity contribution is 7.92. The molecular formula is C13H25NO2S. The van der Waals surface area contributed by atoms with Crippen molar-refractivity contribution >= 4 is 9.84 Å². The SMILES string of the molecule is CC1(C)CCCC(S(=O)(=O)C2CCCC2)C1N. The zero-order valence-corrected chi connectivity index (χ0v) is 11.8. The summed E-state index contributed by atoms with van der Waals surface area (Å²) in [5, 5.41) is -0.401. The summed E-state index contributed by atoms with van der Waals surface area (Å²) in [5.74, 6) is 0. The van der Waals surface area contributed by atoms with E-state index in [-0.39, 0.29) is 22.0 Å². The van der Waals surface area contributed by atoms with Gasteiger partial charge in [0, 0.05) is 6.04 Å². The summed E-state index contributed by atoms with van der Waals surface area (Å²) < 4.78 is 25.2. The summed E-state index contributed by atoms with van der Waals surface area (Å²) in [6.07, 6.45) is 6.65. The van der Waals surface area contributed by atoms with Crippen LogP contribution in [0.4, 0.5) is 0 Å². The summed E-state index contributed by atoms with van der Waals surface area (Å²) in [6.45, 7) is 4.21. The molecule has 2 unspecified atom stereocenters. The molecule has 2 saturated carbocycles. The zero-order valence-electron chi connectivity index (χ0n) is 11.0. The topological polar surface area (TPSA) is 60.2 Å². The Morgan fingerprint density at radius 2 is 1.65 bits per heavy atom. The first-order chi connectivity index (χ1) is 7.86. The van der Waals surface area contributed by atoms with Crippen LogP contribution >= 0.6 is 0 Å². The molecule has 2 fully saturated rings. The fourth-order valence-corrected chi connectivity index (χ4v) is 6.20. The Labute approximate surface area is 105 Å². The maximum Gasteiger partial charge on any atom is 0.157 e. The highest BCUT2D eigenvalue weighted by Gasteiger charge is 2.45. The Bertz CT molecular complexity index is 369. The summed E-state index contributed by atoms with van der Waals surface area (Å²) >= 11 is 0. The molecule has 0 amide bonds. The third-order valence-corrected chi connectivity index (χ3v) is 7.57. The van der Waals surface area contributed by atoms with Gasteiger partial charge in [-0.3, -0.25) is 0 Å². The first-order valence-corrected chi connectivity index (χ1v) is 8.45. The molecule has 0 saturated heterocycles. The lowest BCUT2D eigenvalue weighted by atomic mass is 9.73. The smallest absolute Gasteiger partial charge is 0.157 e. The van der Waals surface area contributed by atoms with Gasteiger partial charge in [-0.2, -0.15) is 0 Å². The molecule has 2 atom stereocenters. The summed E-state index contributed by atoms with van der Waals surface area (Å²) in [5.41, 5.74) is 6.20. The third kappa shape index (κ3) is 2.39. The van der Waals surface area contributed by atoms with Crippen LogP contribution in [0.5, 0.6) is 0 Å². The van der Waals surface area contributed by atoms with Gasteiger partial charge in [0.15, 0.2) is 9.84 Å². The van der Waals surface area contributed by atoms with Gasteiger partial charge in [-0.05, 0) is 31.1 Å². The van der Waals surface area contributed by atoms with E-state index in [0.717, 1.165) is 44.9 Å². The second-order valence-corrected chi connectivity index (χ2v) is 8.89. The van der Waals surface area contributed by atoms with Crippen molar-refractivity contribution in [3.8, 4) is 0 Å². The van der Waals surface area contributed by atoms with Crippen LogP contribution in [0.2, 0.25) is 0 Å². The molecule has 0 bridgehead atoms. The van der Waals surface area contributed by atoms with Crippen molar-refractivity contribution in [2.75, 3.05) is 0 Å². The maximum absolute atomic E-state index is 12.6. The molecule has 100 valence electrons. The van der Waals surface area contributed by atoms with E-state index in [1.165, 1.54) is 0 Å². The van der Waals surface area contributed by atoms with Crippen LogP contribution in [0.15, 0.2) is 0 Å². The van der Waals surface area contributed by atoms with Crippen molar-refractivity contribution in [2.45, 2.75) is 75.3 Å². The quantitative estimate of drug-likeness (QED) is 0.827. The molecule has 0 aromatic heterocycles. The number of rotatable bonds is 2. The minimum Gasteiger partial charge on any atom is -0.326 e. The Balaban J connectivity index is 2.20. The molecule has 17 heavy (non-hydrogen) atoms. The average molecular weight is 259 g/mol. The van der Waals surface area contributed by atoms with Crippen LogP contribution in [0, 0.1) is 5.41 Å². The summed E-state index contributed by atoms with van der Waals surface area (Å²) in [6, 6.07) is -0.193. The lowest BCUT2D eigenvalue weighted by Crippen LogP contribution is -2.54. The summed E-state index contributed by atoms with van der Waals surface area (Å²) in [7, 11) is -3.01. The molecule has 0 heterocycles. The van der Waals surface area contributed by atoms with E-state index in [1.54, 1.807) is 0 Å². The van der Waals surface area contributed by atoms with Crippen molar-refractivity contribution in [3.05, 3.63) is 0 Å². The molecule has 4 heteroatoms. The lowest BCUT2D eigenvalue weighted by molar-refractivity contribution is 0.204. The van der Waals surface area contributed by atoms with Crippen molar-refractivity contribution in [1.82, 2.24) is 0 Å². The van der Waals surface area contributed by atoms with E-state index in [9.17, 15) is 8.42 Å². The monoisotopic (exact) mass is 259 g/mol. The predicted octanol–water partition coefficient (Wildman–Crippen LogP) is 2.25. The highest BCUT2D eigenvalue weighted by Crippen LogP contribution is 2.40. The van der Waals surface area contributed by atoms with Gasteiger partial charge in [-0.1, -0.05) is 33.1 Å². The lowest BCUT2D eigenvalue weighted by Gasteiger charge is -2.42. The molecule has 0 aromatic carbocycles. The standard InChI is InChI=1S/C13H25NO2S/c1-13(2)9-5-8-11(12(13)14)17(15,16)10-6-3-4-7-10/h10-12H,3-9,14H2,1-2H3. The van der Waals surface area contributed by atoms with E-state index in [0.29, 0.717) is 0 Å². The minimum absolute atomic E-state index is 0.0331. The molecular weight excluding hydrogens is 234 g/mol. The van der Waals surface area contributed by atoms with E-state index in [4.69, 9.17) is 5.73 Å². The fraction of sp³-hybridized carbons (Fsp3) is 1.00. The molecule has 0 aromatic rings. The minimum atomic E-state index is -3.01. The van der Waals surface area contributed by atoms with Crippen molar-refractivity contribution in [2.24, 2.45) is 11.1 Å². The zero-order chi connectivity index (χ0) is 12.7. The van der Waals surface area contributed by atoms with Crippen LogP contribution in [0.3, 0.4) is 0 Å². The molecule has 0 spiro atoms. The van der Waals surface area contributed by atoms with Gasteiger partial charge >= 0.3 is 0 Å². The second kappa shape index (κ2) is 4.54. The molecule has 2 rings (SSSR count). The van der Waals surface area contributed by atoms with Crippen molar-refractivity contribution in [1.29, 1.82) is 0 Å². The van der Waals surface area contributed by atoms with E-state index in [1.807, 2.05) is 0 Å². The first-order valence-electron chi connectivity index (χ1n) is 6.84. The highest BCUT2D eigenvalue weighted by atomic mass is 32.2. The Hall–Kier alpha value is -0.0900. The molecule has 2 aliphatic rings. The van der Waals surface area contributed by atoms with Gasteiger partial charge in [-0.15, -0.1) is 0 Å². The number of hydrogen-bond donors (Lipinski definition) is 1. The van der Waals surface area contributed by atoms with Crippen LogP contribution in [-0.2, 0) is 9.84 Å². The van der Waals surface area contributed by atoms with Crippen LogP contribution in [0.1, 0.15) is 58.8 Å². The average Bonchev–Trinajstić information content (AvgIpc) is 2.75. The molecule has 0 aliphatic heterocycles. The number of sulfone groups is 1. The maximum atomic E-state index is 12.6.